The summed E-state index contributed by atoms with van der Waals surface area (Å²) < 4.78 is 25.4. The topological polar surface area (TPSA) is 117 Å². The van der Waals surface area contributed by atoms with Crippen LogP contribution in [0, 0.1) is 0 Å². The van der Waals surface area contributed by atoms with Crippen molar-refractivity contribution in [2.24, 2.45) is 0 Å². The number of aromatic nitrogens is 1. The number of sulfonamides is 1. The highest BCUT2D eigenvalue weighted by molar-refractivity contribution is 7.89. The number of hydrogen-bond donors (Lipinski definition) is 2. The van der Waals surface area contributed by atoms with Crippen LogP contribution < -0.4 is 5.32 Å². The zero-order valence-electron chi connectivity index (χ0n) is 13.1. The molecule has 0 spiro atoms. The molecule has 0 unspecified atom stereocenters. The summed E-state index contributed by atoms with van der Waals surface area (Å²) in [5.41, 5.74) is 0. The SMILES string of the molecule is CCCC[C@H](NC(=O)CN(C)S(=O)(=O)c1cccnc1)C(=O)O. The number of hydrogen-bond acceptors (Lipinski definition) is 5. The minimum atomic E-state index is -3.84. The zero-order chi connectivity index (χ0) is 17.5. The minimum absolute atomic E-state index is 0.0314. The van der Waals surface area contributed by atoms with Crippen molar-refractivity contribution < 1.29 is 23.1 Å². The minimum Gasteiger partial charge on any atom is -0.480 e. The molecule has 2 N–H and O–H groups in total. The van der Waals surface area contributed by atoms with Crippen molar-refractivity contribution in [2.45, 2.75) is 37.1 Å². The molecule has 0 bridgehead atoms. The van der Waals surface area contributed by atoms with Gasteiger partial charge in [0.15, 0.2) is 0 Å². The number of carbonyl (C=O) groups is 2. The van der Waals surface area contributed by atoms with E-state index in [0.29, 0.717) is 12.8 Å². The summed E-state index contributed by atoms with van der Waals surface area (Å²) in [6.07, 6.45) is 4.38. The van der Waals surface area contributed by atoms with Gasteiger partial charge in [-0.05, 0) is 18.6 Å². The normalized spacial score (nSPS) is 12.8. The third-order valence-electron chi connectivity index (χ3n) is 3.19. The highest BCUT2D eigenvalue weighted by Crippen LogP contribution is 2.12. The predicted molar refractivity (Wildman–Crippen MR) is 83.1 cm³/mol. The van der Waals surface area contributed by atoms with Crippen LogP contribution in [0.2, 0.25) is 0 Å². The van der Waals surface area contributed by atoms with Crippen molar-refractivity contribution in [1.82, 2.24) is 14.6 Å². The Morgan fingerprint density at radius 2 is 2.13 bits per heavy atom. The number of unbranched alkanes of at least 4 members (excludes halogenated alkanes) is 1. The molecule has 128 valence electrons. The smallest absolute Gasteiger partial charge is 0.326 e. The average molecular weight is 343 g/mol. The van der Waals surface area contributed by atoms with E-state index in [0.717, 1.165) is 10.7 Å². The maximum atomic E-state index is 12.2. The molecule has 1 atom stereocenters. The summed E-state index contributed by atoms with van der Waals surface area (Å²) >= 11 is 0. The molecule has 0 aliphatic heterocycles. The fraction of sp³-hybridized carbons (Fsp3) is 0.500. The number of nitrogens with zero attached hydrogens (tertiary/aromatic N) is 2. The summed E-state index contributed by atoms with van der Waals surface area (Å²) in [6, 6.07) is 1.83. The van der Waals surface area contributed by atoms with Crippen LogP contribution in [0.3, 0.4) is 0 Å². The van der Waals surface area contributed by atoms with Gasteiger partial charge in [0.05, 0.1) is 6.54 Å². The monoisotopic (exact) mass is 343 g/mol. The number of amides is 1. The lowest BCUT2D eigenvalue weighted by molar-refractivity contribution is -0.142. The van der Waals surface area contributed by atoms with Gasteiger partial charge in [0.25, 0.3) is 0 Å². The summed E-state index contributed by atoms with van der Waals surface area (Å²) in [5.74, 6) is -1.80. The molecule has 1 amide bonds. The summed E-state index contributed by atoms with van der Waals surface area (Å²) in [6.45, 7) is 1.45. The Hall–Kier alpha value is -2.00. The van der Waals surface area contributed by atoms with Gasteiger partial charge in [-0.1, -0.05) is 19.8 Å². The molecule has 0 fully saturated rings. The molecule has 9 heteroatoms. The van der Waals surface area contributed by atoms with Crippen molar-refractivity contribution in [3.05, 3.63) is 24.5 Å². The fourth-order valence-corrected chi connectivity index (χ4v) is 2.96. The van der Waals surface area contributed by atoms with E-state index in [9.17, 15) is 18.0 Å². The van der Waals surface area contributed by atoms with Crippen LogP contribution in [0.1, 0.15) is 26.2 Å². The molecule has 1 heterocycles. The number of nitrogens with one attached hydrogen (secondary N) is 1. The van der Waals surface area contributed by atoms with E-state index in [4.69, 9.17) is 5.11 Å². The molecule has 0 saturated heterocycles. The molecular weight excluding hydrogens is 322 g/mol. The van der Waals surface area contributed by atoms with Crippen molar-refractivity contribution in [2.75, 3.05) is 13.6 Å². The lowest BCUT2D eigenvalue weighted by Crippen LogP contribution is -2.45. The van der Waals surface area contributed by atoms with E-state index in [1.807, 2.05) is 6.92 Å². The molecule has 8 nitrogen and oxygen atoms in total. The van der Waals surface area contributed by atoms with Crippen LogP contribution in [-0.2, 0) is 19.6 Å². The van der Waals surface area contributed by atoms with Gasteiger partial charge >= 0.3 is 5.97 Å². The van der Waals surface area contributed by atoms with Crippen molar-refractivity contribution >= 4 is 21.9 Å². The van der Waals surface area contributed by atoms with Crippen LogP contribution in [0.25, 0.3) is 0 Å². The predicted octanol–water partition coefficient (Wildman–Crippen LogP) is 0.462. The second-order valence-electron chi connectivity index (χ2n) is 5.05. The molecule has 1 aromatic heterocycles. The number of likely N-dealkylation sites (N-methyl/N-ethyl adjacent to an activating group) is 1. The summed E-state index contributed by atoms with van der Waals surface area (Å²) in [7, 11) is -2.59. The number of aliphatic carboxylic acids is 1. The van der Waals surface area contributed by atoms with E-state index in [2.05, 4.69) is 10.3 Å². The Kier molecular flexibility index (Phi) is 7.11. The summed E-state index contributed by atoms with van der Waals surface area (Å²) in [4.78, 5) is 26.7. The highest BCUT2D eigenvalue weighted by Gasteiger charge is 2.25. The quantitative estimate of drug-likeness (QED) is 0.673. The lowest BCUT2D eigenvalue weighted by Gasteiger charge is -2.19. The Bertz CT molecular complexity index is 633. The van der Waals surface area contributed by atoms with Gasteiger partial charge in [-0.2, -0.15) is 4.31 Å². The number of carbonyl (C=O) groups excluding carboxylic acids is 1. The highest BCUT2D eigenvalue weighted by atomic mass is 32.2. The van der Waals surface area contributed by atoms with Gasteiger partial charge in [0.2, 0.25) is 15.9 Å². The second kappa shape index (κ2) is 8.59. The average Bonchev–Trinajstić information content (AvgIpc) is 2.51. The van der Waals surface area contributed by atoms with E-state index >= 15 is 0 Å². The molecule has 0 saturated carbocycles. The van der Waals surface area contributed by atoms with Crippen molar-refractivity contribution in [3.63, 3.8) is 0 Å². The molecule has 0 aromatic carbocycles. The van der Waals surface area contributed by atoms with Gasteiger partial charge in [-0.25, -0.2) is 13.2 Å². The Labute approximate surface area is 135 Å². The second-order valence-corrected chi connectivity index (χ2v) is 7.10. The van der Waals surface area contributed by atoms with Gasteiger partial charge in [0.1, 0.15) is 10.9 Å². The first-order chi connectivity index (χ1) is 10.8. The first kappa shape index (κ1) is 19.0. The summed E-state index contributed by atoms with van der Waals surface area (Å²) in [5, 5.41) is 11.4. The largest absolute Gasteiger partial charge is 0.480 e. The Morgan fingerprint density at radius 3 is 2.65 bits per heavy atom. The van der Waals surface area contributed by atoms with Crippen LogP contribution in [0.5, 0.6) is 0 Å². The molecule has 1 aromatic rings. The maximum absolute atomic E-state index is 12.2. The number of carboxylic acids is 1. The first-order valence-corrected chi connectivity index (χ1v) is 8.61. The molecule has 1 rings (SSSR count). The fourth-order valence-electron chi connectivity index (χ4n) is 1.87. The van der Waals surface area contributed by atoms with E-state index in [1.165, 1.54) is 31.6 Å². The maximum Gasteiger partial charge on any atom is 0.326 e. The Morgan fingerprint density at radius 1 is 1.43 bits per heavy atom. The lowest BCUT2D eigenvalue weighted by atomic mass is 10.1. The standard InChI is InChI=1S/C14H21N3O5S/c1-3-4-7-12(14(19)20)16-13(18)10-17(2)23(21,22)11-6-5-8-15-9-11/h5-6,8-9,12H,3-4,7,10H2,1-2H3,(H,16,18)(H,19,20)/t12-/m0/s1. The van der Waals surface area contributed by atoms with E-state index in [1.54, 1.807) is 0 Å². The van der Waals surface area contributed by atoms with Gasteiger partial charge in [-0.15, -0.1) is 0 Å². The zero-order valence-corrected chi connectivity index (χ0v) is 13.9. The van der Waals surface area contributed by atoms with Crippen molar-refractivity contribution in [1.29, 1.82) is 0 Å². The third kappa shape index (κ3) is 5.61. The molecule has 0 radical (unpaired) electrons. The first-order valence-electron chi connectivity index (χ1n) is 7.17. The van der Waals surface area contributed by atoms with Crippen LogP contribution in [0.15, 0.2) is 29.4 Å². The molecule has 23 heavy (non-hydrogen) atoms. The van der Waals surface area contributed by atoms with Crippen LogP contribution in [0.4, 0.5) is 0 Å². The van der Waals surface area contributed by atoms with E-state index in [-0.39, 0.29) is 4.90 Å². The van der Waals surface area contributed by atoms with Gasteiger partial charge < -0.3 is 10.4 Å². The van der Waals surface area contributed by atoms with Crippen molar-refractivity contribution in [3.8, 4) is 0 Å². The molecular formula is C14H21N3O5S. The molecule has 0 aliphatic carbocycles. The van der Waals surface area contributed by atoms with Crippen LogP contribution in [-0.4, -0.2) is 54.3 Å². The van der Waals surface area contributed by atoms with Gasteiger partial charge in [0, 0.05) is 19.4 Å². The number of carboxylic acid groups (broad SMARTS) is 1. The third-order valence-corrected chi connectivity index (χ3v) is 4.98. The van der Waals surface area contributed by atoms with Gasteiger partial charge in [-0.3, -0.25) is 9.78 Å². The van der Waals surface area contributed by atoms with Crippen LogP contribution >= 0.6 is 0 Å². The Balaban J connectivity index is 2.70. The number of pyridine rings is 1. The number of rotatable bonds is 9. The van der Waals surface area contributed by atoms with E-state index < -0.39 is 34.5 Å². The molecule has 0 aliphatic rings.